The van der Waals surface area contributed by atoms with E-state index in [0.717, 1.165) is 70.9 Å². The quantitative estimate of drug-likeness (QED) is 0.423. The van der Waals surface area contributed by atoms with Crippen molar-refractivity contribution in [2.24, 2.45) is 5.92 Å². The monoisotopic (exact) mass is 492 g/mol. The van der Waals surface area contributed by atoms with Crippen molar-refractivity contribution >= 4 is 5.57 Å². The first-order chi connectivity index (χ1) is 17.7. The molecule has 0 spiro atoms. The molecular formula is C28H40N6O2. The summed E-state index contributed by atoms with van der Waals surface area (Å²) < 4.78 is 5.61. The molecule has 8 nitrogen and oxygen atoms in total. The van der Waals surface area contributed by atoms with Gasteiger partial charge in [0, 0.05) is 38.3 Å². The Balaban J connectivity index is 1.07. The number of phenols is 1. The molecule has 194 valence electrons. The first-order valence-electron chi connectivity index (χ1n) is 13.8. The lowest BCUT2D eigenvalue weighted by atomic mass is 9.73. The average molecular weight is 493 g/mol. The standard InChI is InChI=1S/C28H40N6O2/c1-2-18-13-22(35)4-6-23(18)20-3-5-24-25(14-20)32-33-27(24)28-30-15-26(31-28)19-7-10-34(11-8-19)16-21-17-36-12-9-29-21/h4,6-7,13,15,20-21,24-25,27,29,32-33,35H,2-3,5,8-12,14,16-17H2,1H3,(H,30,31)/t20?,21-,24?,25?,27?/m1/s1. The zero-order valence-electron chi connectivity index (χ0n) is 21.3. The summed E-state index contributed by atoms with van der Waals surface area (Å²) in [4.78, 5) is 11.0. The molecule has 1 saturated carbocycles. The Bertz CT molecular complexity index is 1080. The van der Waals surface area contributed by atoms with Crippen LogP contribution in [0.3, 0.4) is 0 Å². The fourth-order valence-corrected chi connectivity index (χ4v) is 6.74. The van der Waals surface area contributed by atoms with E-state index in [2.05, 4.69) is 45.1 Å². The van der Waals surface area contributed by atoms with Gasteiger partial charge in [0.05, 0.1) is 31.1 Å². The second kappa shape index (κ2) is 10.6. The second-order valence-electron chi connectivity index (χ2n) is 10.9. The SMILES string of the molecule is CCc1cc(O)ccc1C1CCC2C(C1)NNC2c1ncc(C2=CCN(C[C@@H]3COCCN3)CC2)[nH]1. The number of aromatic amines is 1. The Hall–Kier alpha value is -2.23. The van der Waals surface area contributed by atoms with Crippen molar-refractivity contribution < 1.29 is 9.84 Å². The van der Waals surface area contributed by atoms with E-state index in [1.165, 1.54) is 28.8 Å². The highest BCUT2D eigenvalue weighted by molar-refractivity contribution is 5.63. The van der Waals surface area contributed by atoms with Gasteiger partial charge < -0.3 is 20.1 Å². The zero-order valence-corrected chi connectivity index (χ0v) is 21.3. The summed E-state index contributed by atoms with van der Waals surface area (Å²) in [6.45, 7) is 7.87. The summed E-state index contributed by atoms with van der Waals surface area (Å²) in [5, 5.41) is 13.5. The molecule has 6 rings (SSSR count). The number of hydrazine groups is 1. The third-order valence-electron chi connectivity index (χ3n) is 8.71. The lowest BCUT2D eigenvalue weighted by Crippen LogP contribution is -2.49. The Kier molecular flexibility index (Phi) is 7.13. The van der Waals surface area contributed by atoms with E-state index in [-0.39, 0.29) is 6.04 Å². The van der Waals surface area contributed by atoms with E-state index in [1.54, 1.807) is 0 Å². The molecule has 3 fully saturated rings. The Morgan fingerprint density at radius 2 is 2.17 bits per heavy atom. The van der Waals surface area contributed by atoms with Gasteiger partial charge in [-0.05, 0) is 72.8 Å². The molecule has 2 aromatic rings. The summed E-state index contributed by atoms with van der Waals surface area (Å²) in [6.07, 6.45) is 9.84. The van der Waals surface area contributed by atoms with Crippen LogP contribution in [0.2, 0.25) is 0 Å². The molecule has 8 heteroatoms. The number of fused-ring (bicyclic) bond motifs is 1. The van der Waals surface area contributed by atoms with Crippen molar-refractivity contribution in [3.05, 3.63) is 53.1 Å². The smallest absolute Gasteiger partial charge is 0.125 e. The fourth-order valence-electron chi connectivity index (χ4n) is 6.74. The number of hydrogen-bond acceptors (Lipinski definition) is 7. The number of H-pyrrole nitrogens is 1. The molecule has 4 aliphatic rings. The summed E-state index contributed by atoms with van der Waals surface area (Å²) in [5.74, 6) is 2.49. The second-order valence-corrected chi connectivity index (χ2v) is 10.9. The minimum absolute atomic E-state index is 0.216. The molecule has 2 saturated heterocycles. The molecule has 4 heterocycles. The summed E-state index contributed by atoms with van der Waals surface area (Å²) in [7, 11) is 0. The zero-order chi connectivity index (χ0) is 24.5. The van der Waals surface area contributed by atoms with Gasteiger partial charge in [-0.25, -0.2) is 10.4 Å². The van der Waals surface area contributed by atoms with Crippen molar-refractivity contribution in [2.75, 3.05) is 39.4 Å². The van der Waals surface area contributed by atoms with Crippen LogP contribution in [0.1, 0.15) is 67.2 Å². The van der Waals surface area contributed by atoms with Crippen LogP contribution in [0, 0.1) is 5.92 Å². The number of benzene rings is 1. The number of aromatic nitrogens is 2. The van der Waals surface area contributed by atoms with Crippen molar-refractivity contribution in [1.82, 2.24) is 31.0 Å². The van der Waals surface area contributed by atoms with E-state index in [1.807, 2.05) is 18.3 Å². The Labute approximate surface area is 213 Å². The van der Waals surface area contributed by atoms with Crippen LogP contribution in [0.5, 0.6) is 5.75 Å². The topological polar surface area (TPSA) is 97.5 Å². The van der Waals surface area contributed by atoms with Gasteiger partial charge in [-0.1, -0.05) is 19.1 Å². The van der Waals surface area contributed by atoms with Crippen LogP contribution in [0.4, 0.5) is 0 Å². The maximum atomic E-state index is 9.91. The highest BCUT2D eigenvalue weighted by Gasteiger charge is 2.42. The van der Waals surface area contributed by atoms with Gasteiger partial charge in [0.25, 0.3) is 0 Å². The van der Waals surface area contributed by atoms with E-state index >= 15 is 0 Å². The maximum Gasteiger partial charge on any atom is 0.125 e. The van der Waals surface area contributed by atoms with Crippen molar-refractivity contribution in [3.63, 3.8) is 0 Å². The third kappa shape index (κ3) is 4.97. The fraction of sp³-hybridized carbons (Fsp3) is 0.607. The highest BCUT2D eigenvalue weighted by atomic mass is 16.5. The number of aryl methyl sites for hydroxylation is 1. The molecule has 0 radical (unpaired) electrons. The van der Waals surface area contributed by atoms with Gasteiger partial charge in [0.15, 0.2) is 0 Å². The molecule has 4 unspecified atom stereocenters. The lowest BCUT2D eigenvalue weighted by molar-refractivity contribution is 0.0634. The minimum Gasteiger partial charge on any atom is -0.508 e. The van der Waals surface area contributed by atoms with E-state index in [9.17, 15) is 5.11 Å². The number of imidazole rings is 1. The van der Waals surface area contributed by atoms with Gasteiger partial charge in [-0.2, -0.15) is 0 Å². The molecule has 5 atom stereocenters. The number of aromatic hydroxyl groups is 1. The first kappa shape index (κ1) is 24.1. The maximum absolute atomic E-state index is 9.91. The van der Waals surface area contributed by atoms with Gasteiger partial charge in [-0.15, -0.1) is 0 Å². The number of nitrogens with one attached hydrogen (secondary N) is 4. The molecule has 1 aliphatic carbocycles. The molecule has 0 amide bonds. The predicted molar refractivity (Wildman–Crippen MR) is 141 cm³/mol. The number of rotatable bonds is 6. The van der Waals surface area contributed by atoms with Crippen LogP contribution < -0.4 is 16.2 Å². The number of hydrogen-bond donors (Lipinski definition) is 5. The van der Waals surface area contributed by atoms with Crippen molar-refractivity contribution in [3.8, 4) is 5.75 Å². The van der Waals surface area contributed by atoms with Crippen LogP contribution in [0.15, 0.2) is 30.5 Å². The first-order valence-corrected chi connectivity index (χ1v) is 13.8. The highest BCUT2D eigenvalue weighted by Crippen LogP contribution is 2.44. The number of morpholine rings is 1. The summed E-state index contributed by atoms with van der Waals surface area (Å²) >= 11 is 0. The summed E-state index contributed by atoms with van der Waals surface area (Å²) in [6, 6.07) is 7.01. The largest absolute Gasteiger partial charge is 0.508 e. The van der Waals surface area contributed by atoms with E-state index in [0.29, 0.717) is 29.7 Å². The predicted octanol–water partition coefficient (Wildman–Crippen LogP) is 2.86. The molecule has 3 aliphatic heterocycles. The third-order valence-corrected chi connectivity index (χ3v) is 8.71. The van der Waals surface area contributed by atoms with Crippen molar-refractivity contribution in [2.45, 2.75) is 63.1 Å². The lowest BCUT2D eigenvalue weighted by Gasteiger charge is -2.33. The molecule has 5 N–H and O–H groups in total. The van der Waals surface area contributed by atoms with E-state index in [4.69, 9.17) is 9.72 Å². The minimum atomic E-state index is 0.216. The molecule has 1 aromatic carbocycles. The molecule has 36 heavy (non-hydrogen) atoms. The molecule has 1 aromatic heterocycles. The van der Waals surface area contributed by atoms with Crippen LogP contribution >= 0.6 is 0 Å². The number of phenolic OH excluding ortho intramolecular Hbond substituents is 1. The normalized spacial score (nSPS) is 31.2. The van der Waals surface area contributed by atoms with E-state index < -0.39 is 0 Å². The van der Waals surface area contributed by atoms with Gasteiger partial charge in [-0.3, -0.25) is 10.3 Å². The van der Waals surface area contributed by atoms with Crippen LogP contribution in [0.25, 0.3) is 5.57 Å². The van der Waals surface area contributed by atoms with Crippen molar-refractivity contribution in [1.29, 1.82) is 0 Å². The van der Waals surface area contributed by atoms with Crippen LogP contribution in [-0.4, -0.2) is 71.5 Å². The number of ether oxygens (including phenoxy) is 1. The van der Waals surface area contributed by atoms with Crippen LogP contribution in [-0.2, 0) is 11.2 Å². The van der Waals surface area contributed by atoms with Gasteiger partial charge in [0.2, 0.25) is 0 Å². The Morgan fingerprint density at radius 3 is 2.97 bits per heavy atom. The van der Waals surface area contributed by atoms with Gasteiger partial charge >= 0.3 is 0 Å². The molecule has 0 bridgehead atoms. The summed E-state index contributed by atoms with van der Waals surface area (Å²) in [5.41, 5.74) is 12.4. The Morgan fingerprint density at radius 1 is 1.22 bits per heavy atom. The number of nitrogens with zero attached hydrogens (tertiary/aromatic N) is 2. The van der Waals surface area contributed by atoms with Gasteiger partial charge in [0.1, 0.15) is 11.6 Å². The molecular weight excluding hydrogens is 452 g/mol. The average Bonchev–Trinajstić information content (AvgIpc) is 3.56.